The van der Waals surface area contributed by atoms with E-state index in [1.54, 1.807) is 0 Å². The minimum absolute atomic E-state index is 0.0204. The molecule has 4 heteroatoms. The van der Waals surface area contributed by atoms with Crippen molar-refractivity contribution in [1.82, 2.24) is 0 Å². The first-order valence-corrected chi connectivity index (χ1v) is 5.09. The largest absolute Gasteiger partial charge is 0.392 e. The molecule has 1 heterocycles. The molecule has 68 valence electrons. The van der Waals surface area contributed by atoms with Gasteiger partial charge in [0.05, 0.1) is 11.6 Å². The van der Waals surface area contributed by atoms with Crippen molar-refractivity contribution in [2.24, 2.45) is 0 Å². The van der Waals surface area contributed by atoms with Gasteiger partial charge in [0, 0.05) is 9.60 Å². The summed E-state index contributed by atoms with van der Waals surface area (Å²) < 4.78 is 1.10. The number of thiophene rings is 1. The van der Waals surface area contributed by atoms with Gasteiger partial charge in [-0.05, 0) is 29.1 Å². The molecule has 0 spiro atoms. The molecule has 2 nitrogen and oxygen atoms in total. The first-order valence-electron chi connectivity index (χ1n) is 3.82. The lowest BCUT2D eigenvalue weighted by Crippen LogP contribution is -1.83. The lowest BCUT2D eigenvalue weighted by molar-refractivity contribution is 0.279. The van der Waals surface area contributed by atoms with E-state index in [1.807, 2.05) is 18.2 Å². The number of rotatable bonds is 1. The highest BCUT2D eigenvalue weighted by atomic mass is 32.1. The molecule has 0 fully saturated rings. The molecule has 2 aromatic rings. The molecule has 0 saturated heterocycles. The van der Waals surface area contributed by atoms with Gasteiger partial charge in [-0.25, -0.2) is 0 Å². The first-order chi connectivity index (χ1) is 6.20. The zero-order valence-electron chi connectivity index (χ0n) is 6.82. The molecular formula is C9H9NOS2. The quantitative estimate of drug-likeness (QED) is 0.634. The molecule has 0 aliphatic rings. The van der Waals surface area contributed by atoms with Crippen molar-refractivity contribution in [3.05, 3.63) is 23.8 Å². The van der Waals surface area contributed by atoms with E-state index < -0.39 is 0 Å². The fourth-order valence-corrected chi connectivity index (χ4v) is 2.42. The van der Waals surface area contributed by atoms with Gasteiger partial charge < -0.3 is 10.8 Å². The maximum Gasteiger partial charge on any atom is 0.0868 e. The summed E-state index contributed by atoms with van der Waals surface area (Å²) in [6, 6.07) is 5.77. The highest BCUT2D eigenvalue weighted by Gasteiger charge is 2.03. The molecule has 0 amide bonds. The van der Waals surface area contributed by atoms with Crippen molar-refractivity contribution in [2.45, 2.75) is 11.5 Å². The van der Waals surface area contributed by atoms with E-state index in [4.69, 9.17) is 10.8 Å². The van der Waals surface area contributed by atoms with Crippen LogP contribution in [0.15, 0.2) is 23.1 Å². The molecule has 0 aliphatic carbocycles. The molecule has 0 radical (unpaired) electrons. The molecular weight excluding hydrogens is 202 g/mol. The maximum absolute atomic E-state index is 9.01. The van der Waals surface area contributed by atoms with E-state index in [-0.39, 0.29) is 6.61 Å². The van der Waals surface area contributed by atoms with Crippen LogP contribution in [-0.2, 0) is 6.61 Å². The van der Waals surface area contributed by atoms with Crippen molar-refractivity contribution in [1.29, 1.82) is 0 Å². The SMILES string of the molecule is Nc1cc2cc(S)c(CO)cc2s1. The molecule has 13 heavy (non-hydrogen) atoms. The number of aliphatic hydroxyl groups excluding tert-OH is 1. The van der Waals surface area contributed by atoms with Gasteiger partial charge in [0.25, 0.3) is 0 Å². The Hall–Kier alpha value is -0.710. The van der Waals surface area contributed by atoms with E-state index in [9.17, 15) is 0 Å². The van der Waals surface area contributed by atoms with Crippen LogP contribution in [0.2, 0.25) is 0 Å². The van der Waals surface area contributed by atoms with Crippen LogP contribution in [0.1, 0.15) is 5.56 Å². The lowest BCUT2D eigenvalue weighted by atomic mass is 10.2. The molecule has 0 atom stereocenters. The average molecular weight is 211 g/mol. The van der Waals surface area contributed by atoms with E-state index in [1.165, 1.54) is 11.3 Å². The summed E-state index contributed by atoms with van der Waals surface area (Å²) in [7, 11) is 0. The second-order valence-corrected chi connectivity index (χ2v) is 4.42. The summed E-state index contributed by atoms with van der Waals surface area (Å²) >= 11 is 5.79. The average Bonchev–Trinajstić information content (AvgIpc) is 2.42. The smallest absolute Gasteiger partial charge is 0.0868 e. The van der Waals surface area contributed by atoms with E-state index in [2.05, 4.69) is 12.6 Å². The van der Waals surface area contributed by atoms with E-state index in [0.29, 0.717) is 0 Å². The van der Waals surface area contributed by atoms with Gasteiger partial charge in [-0.3, -0.25) is 0 Å². The number of thiol groups is 1. The van der Waals surface area contributed by atoms with Gasteiger partial charge in [0.15, 0.2) is 0 Å². The van der Waals surface area contributed by atoms with Crippen LogP contribution in [0.25, 0.3) is 10.1 Å². The highest BCUT2D eigenvalue weighted by molar-refractivity contribution is 7.80. The van der Waals surface area contributed by atoms with Gasteiger partial charge in [-0.15, -0.1) is 24.0 Å². The Labute approximate surface area is 85.4 Å². The molecule has 1 aromatic carbocycles. The monoisotopic (exact) mass is 211 g/mol. The Kier molecular flexibility index (Phi) is 2.19. The second-order valence-electron chi connectivity index (χ2n) is 2.83. The third kappa shape index (κ3) is 1.52. The number of hydrogen-bond donors (Lipinski definition) is 3. The molecule has 0 saturated carbocycles. The van der Waals surface area contributed by atoms with Crippen molar-refractivity contribution in [2.75, 3.05) is 5.73 Å². The van der Waals surface area contributed by atoms with Gasteiger partial charge in [-0.2, -0.15) is 0 Å². The van der Waals surface area contributed by atoms with Gasteiger partial charge in [-0.1, -0.05) is 0 Å². The van der Waals surface area contributed by atoms with Crippen LogP contribution in [-0.4, -0.2) is 5.11 Å². The number of benzene rings is 1. The van der Waals surface area contributed by atoms with Crippen LogP contribution in [0, 0.1) is 0 Å². The van der Waals surface area contributed by atoms with Gasteiger partial charge >= 0.3 is 0 Å². The fourth-order valence-electron chi connectivity index (χ4n) is 1.26. The highest BCUT2D eigenvalue weighted by Crippen LogP contribution is 2.31. The van der Waals surface area contributed by atoms with Crippen LogP contribution in [0.4, 0.5) is 5.00 Å². The van der Waals surface area contributed by atoms with Crippen molar-refractivity contribution in [3.63, 3.8) is 0 Å². The van der Waals surface area contributed by atoms with Gasteiger partial charge in [0.1, 0.15) is 0 Å². The zero-order valence-corrected chi connectivity index (χ0v) is 8.53. The Morgan fingerprint density at radius 2 is 2.15 bits per heavy atom. The topological polar surface area (TPSA) is 46.2 Å². The van der Waals surface area contributed by atoms with Crippen LogP contribution < -0.4 is 5.73 Å². The Morgan fingerprint density at radius 1 is 1.38 bits per heavy atom. The Morgan fingerprint density at radius 3 is 2.85 bits per heavy atom. The molecule has 0 aliphatic heterocycles. The summed E-state index contributed by atoms with van der Waals surface area (Å²) in [5.74, 6) is 0. The first kappa shape index (κ1) is 8.87. The van der Waals surface area contributed by atoms with Crippen LogP contribution in [0.5, 0.6) is 0 Å². The fraction of sp³-hybridized carbons (Fsp3) is 0.111. The number of hydrogen-bond acceptors (Lipinski definition) is 4. The number of fused-ring (bicyclic) bond motifs is 1. The molecule has 1 aromatic heterocycles. The number of nitrogen functional groups attached to an aromatic ring is 1. The Bertz CT molecular complexity index is 450. The minimum atomic E-state index is 0.0204. The summed E-state index contributed by atoms with van der Waals surface area (Å²) in [6.07, 6.45) is 0. The predicted octanol–water partition coefficient (Wildman–Crippen LogP) is 2.26. The standard InChI is InChI=1S/C9H9NOS2/c10-9-3-5-1-7(12)6(4-11)2-8(5)13-9/h1-3,11-12H,4,10H2. The minimum Gasteiger partial charge on any atom is -0.392 e. The number of anilines is 1. The van der Waals surface area contributed by atoms with E-state index >= 15 is 0 Å². The third-order valence-electron chi connectivity index (χ3n) is 1.91. The van der Waals surface area contributed by atoms with Gasteiger partial charge in [0.2, 0.25) is 0 Å². The van der Waals surface area contributed by atoms with Crippen molar-refractivity contribution >= 4 is 39.1 Å². The molecule has 0 bridgehead atoms. The van der Waals surface area contributed by atoms with Crippen LogP contribution >= 0.6 is 24.0 Å². The third-order valence-corrected chi connectivity index (χ3v) is 3.25. The zero-order chi connectivity index (χ0) is 9.42. The summed E-state index contributed by atoms with van der Waals surface area (Å²) in [6.45, 7) is 0.0204. The van der Waals surface area contributed by atoms with Crippen molar-refractivity contribution in [3.8, 4) is 0 Å². The normalized spacial score (nSPS) is 10.9. The molecule has 3 N–H and O–H groups in total. The molecule has 0 unspecified atom stereocenters. The maximum atomic E-state index is 9.01. The number of aliphatic hydroxyl groups is 1. The van der Waals surface area contributed by atoms with Crippen molar-refractivity contribution < 1.29 is 5.11 Å². The van der Waals surface area contributed by atoms with E-state index in [0.717, 1.165) is 25.5 Å². The predicted molar refractivity (Wildman–Crippen MR) is 59.4 cm³/mol. The summed E-state index contributed by atoms with van der Waals surface area (Å²) in [5, 5.41) is 10.9. The summed E-state index contributed by atoms with van der Waals surface area (Å²) in [5.41, 5.74) is 6.51. The lowest BCUT2D eigenvalue weighted by Gasteiger charge is -2.00. The summed E-state index contributed by atoms with van der Waals surface area (Å²) in [4.78, 5) is 0.813. The molecule has 2 rings (SSSR count). The Balaban J connectivity index is 2.72. The number of nitrogens with two attached hydrogens (primary N) is 1. The second kappa shape index (κ2) is 3.21. The van der Waals surface area contributed by atoms with Crippen LogP contribution in [0.3, 0.4) is 0 Å².